The molecule has 0 fully saturated rings. The number of halogens is 1. The number of sulfonamides is 1. The third-order valence-electron chi connectivity index (χ3n) is 6.96. The van der Waals surface area contributed by atoms with Crippen LogP contribution in [0.2, 0.25) is 5.02 Å². The zero-order valence-corrected chi connectivity index (χ0v) is 25.3. The van der Waals surface area contributed by atoms with E-state index in [9.17, 15) is 18.0 Å². The summed E-state index contributed by atoms with van der Waals surface area (Å²) in [7, 11) is -4.11. The first-order valence-corrected chi connectivity index (χ1v) is 15.3. The second-order valence-corrected chi connectivity index (χ2v) is 12.2. The molecule has 7 nitrogen and oxygen atoms in total. The number of hydrogen-bond donors (Lipinski definition) is 1. The zero-order valence-electron chi connectivity index (χ0n) is 23.7. The summed E-state index contributed by atoms with van der Waals surface area (Å²) in [4.78, 5) is 28.7. The molecule has 0 spiro atoms. The van der Waals surface area contributed by atoms with E-state index in [0.717, 1.165) is 27.4 Å². The summed E-state index contributed by atoms with van der Waals surface area (Å²) in [5.41, 5.74) is 2.91. The minimum Gasteiger partial charge on any atom is -0.352 e. The Morgan fingerprint density at radius 3 is 2.15 bits per heavy atom. The van der Waals surface area contributed by atoms with E-state index in [1.165, 1.54) is 4.90 Å². The van der Waals surface area contributed by atoms with Crippen LogP contribution in [0.3, 0.4) is 0 Å². The summed E-state index contributed by atoms with van der Waals surface area (Å²) in [6.45, 7) is 8.97. The van der Waals surface area contributed by atoms with Crippen LogP contribution < -0.4 is 9.62 Å². The van der Waals surface area contributed by atoms with Gasteiger partial charge >= 0.3 is 0 Å². The fourth-order valence-electron chi connectivity index (χ4n) is 4.24. The van der Waals surface area contributed by atoms with Crippen LogP contribution in [0.15, 0.2) is 77.7 Å². The number of rotatable bonds is 12. The summed E-state index contributed by atoms with van der Waals surface area (Å²) in [6, 6.07) is 19.8. The highest BCUT2D eigenvalue weighted by Gasteiger charge is 2.33. The Balaban J connectivity index is 2.06. The number of carbonyl (C=O) groups is 2. The lowest BCUT2D eigenvalue weighted by Gasteiger charge is -2.33. The molecule has 0 aliphatic heterocycles. The molecule has 9 heteroatoms. The van der Waals surface area contributed by atoms with E-state index >= 15 is 0 Å². The summed E-state index contributed by atoms with van der Waals surface area (Å²) >= 11 is 6.06. The average Bonchev–Trinajstić information content (AvgIpc) is 2.95. The van der Waals surface area contributed by atoms with Crippen molar-refractivity contribution in [3.05, 3.63) is 94.5 Å². The van der Waals surface area contributed by atoms with Gasteiger partial charge in [0.25, 0.3) is 10.0 Å². The lowest BCUT2D eigenvalue weighted by Crippen LogP contribution is -2.52. The lowest BCUT2D eigenvalue weighted by molar-refractivity contribution is -0.139. The van der Waals surface area contributed by atoms with Gasteiger partial charge in [-0.3, -0.25) is 13.9 Å². The third-order valence-corrected chi connectivity index (χ3v) is 8.99. The standard InChI is InChI=1S/C31H38ClN3O4S/c1-6-23(4)33-31(37)24(5)34(20-25-14-16-27(32)17-15-25)30(36)21-35(29-11-9-8-10-26(29)7-2)40(38,39)28-18-12-22(3)13-19-28/h8-19,23-24H,6-7,20-21H2,1-5H3,(H,33,37)/t23-,24-/m0/s1. The van der Waals surface area contributed by atoms with Crippen molar-refractivity contribution in [3.8, 4) is 0 Å². The number of para-hydroxylation sites is 1. The lowest BCUT2D eigenvalue weighted by atomic mass is 10.1. The Morgan fingerprint density at radius 2 is 1.55 bits per heavy atom. The maximum Gasteiger partial charge on any atom is 0.264 e. The molecule has 0 aliphatic rings. The molecule has 0 unspecified atom stereocenters. The molecule has 0 saturated heterocycles. The molecule has 0 bridgehead atoms. The van der Waals surface area contributed by atoms with Crippen LogP contribution in [0.4, 0.5) is 5.69 Å². The van der Waals surface area contributed by atoms with Gasteiger partial charge in [0, 0.05) is 17.6 Å². The van der Waals surface area contributed by atoms with Crippen LogP contribution in [-0.4, -0.2) is 43.8 Å². The maximum atomic E-state index is 14.0. The fraction of sp³-hybridized carbons (Fsp3) is 0.355. The second kappa shape index (κ2) is 13.8. The molecule has 3 aromatic rings. The highest BCUT2D eigenvalue weighted by molar-refractivity contribution is 7.92. The largest absolute Gasteiger partial charge is 0.352 e. The smallest absolute Gasteiger partial charge is 0.264 e. The van der Waals surface area contributed by atoms with Crippen LogP contribution in [0.25, 0.3) is 0 Å². The van der Waals surface area contributed by atoms with Crippen LogP contribution in [0.1, 0.15) is 50.8 Å². The Kier molecular flexibility index (Phi) is 10.8. The van der Waals surface area contributed by atoms with Crippen LogP contribution in [0, 0.1) is 6.92 Å². The molecular weight excluding hydrogens is 546 g/mol. The summed E-state index contributed by atoms with van der Waals surface area (Å²) in [6.07, 6.45) is 1.31. The van der Waals surface area contributed by atoms with E-state index < -0.39 is 28.5 Å². The molecule has 0 aliphatic carbocycles. The third kappa shape index (κ3) is 7.64. The minimum atomic E-state index is -4.11. The van der Waals surface area contributed by atoms with Crippen molar-refractivity contribution in [1.82, 2.24) is 10.2 Å². The van der Waals surface area contributed by atoms with Gasteiger partial charge in [-0.15, -0.1) is 0 Å². The van der Waals surface area contributed by atoms with Gasteiger partial charge in [-0.05, 0) is 75.1 Å². The number of aryl methyl sites for hydroxylation is 2. The topological polar surface area (TPSA) is 86.8 Å². The van der Waals surface area contributed by atoms with Crippen molar-refractivity contribution in [2.45, 2.75) is 71.0 Å². The number of nitrogens with zero attached hydrogens (tertiary/aromatic N) is 2. The van der Waals surface area contributed by atoms with Crippen LogP contribution in [-0.2, 0) is 32.6 Å². The summed E-state index contributed by atoms with van der Waals surface area (Å²) in [5, 5.41) is 3.49. The number of carbonyl (C=O) groups excluding carboxylic acids is 2. The van der Waals surface area contributed by atoms with Gasteiger partial charge in [0.05, 0.1) is 10.6 Å². The molecule has 1 N–H and O–H groups in total. The van der Waals surface area contributed by atoms with Gasteiger partial charge in [0.15, 0.2) is 0 Å². The quantitative estimate of drug-likeness (QED) is 0.295. The van der Waals surface area contributed by atoms with Crippen LogP contribution >= 0.6 is 11.6 Å². The Hall–Kier alpha value is -3.36. The van der Waals surface area contributed by atoms with E-state index in [0.29, 0.717) is 17.1 Å². The van der Waals surface area contributed by atoms with Gasteiger partial charge in [-0.2, -0.15) is 0 Å². The Labute approximate surface area is 243 Å². The number of nitrogens with one attached hydrogen (secondary N) is 1. The second-order valence-electron chi connectivity index (χ2n) is 9.95. The molecule has 0 saturated carbocycles. The molecule has 2 atom stereocenters. The monoisotopic (exact) mass is 583 g/mol. The van der Waals surface area contributed by atoms with Crippen molar-refractivity contribution >= 4 is 39.1 Å². The van der Waals surface area contributed by atoms with E-state index in [4.69, 9.17) is 11.6 Å². The van der Waals surface area contributed by atoms with E-state index in [2.05, 4.69) is 5.32 Å². The maximum absolute atomic E-state index is 14.0. The molecule has 0 heterocycles. The molecular formula is C31H38ClN3O4S. The summed E-state index contributed by atoms with van der Waals surface area (Å²) < 4.78 is 29.2. The minimum absolute atomic E-state index is 0.0720. The van der Waals surface area contributed by atoms with E-state index in [1.54, 1.807) is 67.6 Å². The van der Waals surface area contributed by atoms with Gasteiger partial charge in [-0.25, -0.2) is 8.42 Å². The predicted molar refractivity (Wildman–Crippen MR) is 161 cm³/mol. The van der Waals surface area contributed by atoms with Gasteiger partial charge in [0.2, 0.25) is 11.8 Å². The SMILES string of the molecule is CCc1ccccc1N(CC(=O)N(Cc1ccc(Cl)cc1)[C@@H](C)C(=O)N[C@@H](C)CC)S(=O)(=O)c1ccc(C)cc1. The fourth-order valence-corrected chi connectivity index (χ4v) is 5.82. The molecule has 0 radical (unpaired) electrons. The van der Waals surface area contributed by atoms with Gasteiger partial charge < -0.3 is 10.2 Å². The van der Waals surface area contributed by atoms with Gasteiger partial charge in [0.1, 0.15) is 12.6 Å². The molecule has 3 rings (SSSR count). The molecule has 214 valence electrons. The van der Waals surface area contributed by atoms with Crippen LogP contribution in [0.5, 0.6) is 0 Å². The molecule has 0 aromatic heterocycles. The first-order valence-electron chi connectivity index (χ1n) is 13.5. The predicted octanol–water partition coefficient (Wildman–Crippen LogP) is 5.74. The number of anilines is 1. The van der Waals surface area contributed by atoms with Crippen molar-refractivity contribution in [3.63, 3.8) is 0 Å². The van der Waals surface area contributed by atoms with E-state index in [-0.39, 0.29) is 23.4 Å². The van der Waals surface area contributed by atoms with E-state index in [1.807, 2.05) is 39.8 Å². The first-order chi connectivity index (χ1) is 19.0. The number of benzene rings is 3. The van der Waals surface area contributed by atoms with Crippen molar-refractivity contribution < 1.29 is 18.0 Å². The van der Waals surface area contributed by atoms with Crippen molar-refractivity contribution in [2.75, 3.05) is 10.8 Å². The van der Waals surface area contributed by atoms with Crippen molar-refractivity contribution in [2.24, 2.45) is 0 Å². The normalized spacial score (nSPS) is 12.8. The molecule has 40 heavy (non-hydrogen) atoms. The highest BCUT2D eigenvalue weighted by Crippen LogP contribution is 2.28. The van der Waals surface area contributed by atoms with Gasteiger partial charge in [-0.1, -0.05) is 73.5 Å². The highest BCUT2D eigenvalue weighted by atomic mass is 35.5. The van der Waals surface area contributed by atoms with Crippen molar-refractivity contribution in [1.29, 1.82) is 0 Å². The molecule has 3 aromatic carbocycles. The summed E-state index contributed by atoms with van der Waals surface area (Å²) in [5.74, 6) is -0.804. The Bertz CT molecular complexity index is 1410. The zero-order chi connectivity index (χ0) is 29.4. The number of amides is 2. The number of hydrogen-bond acceptors (Lipinski definition) is 4. The first kappa shape index (κ1) is 31.2. The average molecular weight is 584 g/mol. The molecule has 2 amide bonds. The Morgan fingerprint density at radius 1 is 0.925 bits per heavy atom.